The number of rotatable bonds is 0. The van der Waals surface area contributed by atoms with Gasteiger partial charge >= 0.3 is 45.5 Å². The largest absolute Gasteiger partial charge is 2.00 e. The second kappa shape index (κ2) is 7.81. The predicted molar refractivity (Wildman–Crippen MR) is 58.1 cm³/mol. The average Bonchev–Trinajstić information content (AvgIpc) is 2.63. The first-order valence-corrected chi connectivity index (χ1v) is 4.27. The fourth-order valence-electron chi connectivity index (χ4n) is 1.03. The molecule has 64 valence electrons. The van der Waals surface area contributed by atoms with Crippen molar-refractivity contribution in [1.82, 2.24) is 0 Å². The third-order valence-corrected chi connectivity index (χ3v) is 1.73. The van der Waals surface area contributed by atoms with E-state index in [0.29, 0.717) is 0 Å². The predicted octanol–water partition coefficient (Wildman–Crippen LogP) is 3.01. The van der Waals surface area contributed by atoms with Gasteiger partial charge < -0.3 is 0 Å². The van der Waals surface area contributed by atoms with Gasteiger partial charge in [0.05, 0.1) is 0 Å². The van der Waals surface area contributed by atoms with Gasteiger partial charge in [0, 0.05) is 0 Å². The van der Waals surface area contributed by atoms with Gasteiger partial charge in [0.1, 0.15) is 0 Å². The van der Waals surface area contributed by atoms with E-state index in [1.54, 1.807) is 0 Å². The number of allylic oxidation sites excluding steroid dienone is 8. The van der Waals surface area contributed by atoms with Crippen molar-refractivity contribution in [3.63, 3.8) is 0 Å². The van der Waals surface area contributed by atoms with Gasteiger partial charge in [-0.2, -0.15) is 12.2 Å². The van der Waals surface area contributed by atoms with Crippen LogP contribution in [0.15, 0.2) is 35.5 Å². The molecule has 0 amide bonds. The van der Waals surface area contributed by atoms with Crippen LogP contribution in [0.25, 0.3) is 0 Å². The fourth-order valence-corrected chi connectivity index (χ4v) is 1.03. The zero-order valence-corrected chi connectivity index (χ0v) is 11.9. The fraction of sp³-hybridized carbons (Fsp3) is 0.333. The van der Waals surface area contributed by atoms with Crippen molar-refractivity contribution in [3.05, 3.63) is 47.6 Å². The molecule has 0 aromatic heterocycles. The molecule has 0 saturated heterocycles. The zero-order chi connectivity index (χ0) is 8.81. The molecule has 0 unspecified atom stereocenters. The summed E-state index contributed by atoms with van der Waals surface area (Å²) in [5, 5.41) is 0. The van der Waals surface area contributed by atoms with Gasteiger partial charge in [-0.3, -0.25) is 12.2 Å². The van der Waals surface area contributed by atoms with Crippen LogP contribution in [-0.4, -0.2) is 45.5 Å². The minimum absolute atomic E-state index is 0. The summed E-state index contributed by atoms with van der Waals surface area (Å²) in [6.07, 6.45) is 16.7. The Labute approximate surface area is 118 Å². The first kappa shape index (κ1) is 13.4. The Morgan fingerprint density at radius 1 is 0.923 bits per heavy atom. The minimum atomic E-state index is 0. The molecular formula is C12H14Sr. The van der Waals surface area contributed by atoms with Crippen LogP contribution >= 0.6 is 0 Å². The maximum atomic E-state index is 3.12. The molecule has 0 radical (unpaired) electrons. The molecule has 0 fully saturated rings. The van der Waals surface area contributed by atoms with E-state index in [2.05, 4.69) is 50.3 Å². The van der Waals surface area contributed by atoms with E-state index < -0.39 is 0 Å². The topological polar surface area (TPSA) is 0 Å². The summed E-state index contributed by atoms with van der Waals surface area (Å²) in [5.74, 6) is 0. The first-order chi connectivity index (χ1) is 5.79. The molecule has 1 heteroatoms. The van der Waals surface area contributed by atoms with E-state index in [0.717, 1.165) is 12.8 Å². The maximum absolute atomic E-state index is 3.12. The Hall–Kier alpha value is 0.441. The van der Waals surface area contributed by atoms with Crippen LogP contribution in [0.2, 0.25) is 0 Å². The Balaban J connectivity index is 0.000000206. The van der Waals surface area contributed by atoms with E-state index in [9.17, 15) is 0 Å². The van der Waals surface area contributed by atoms with E-state index in [-0.39, 0.29) is 45.5 Å². The summed E-state index contributed by atoms with van der Waals surface area (Å²) in [6, 6.07) is 0. The molecule has 0 aromatic carbocycles. The standard InChI is InChI=1S/2C6H7.Sr/c2*1-6-4-2-3-5-6;/h2*2,4H,3H2,1H3;/q2*-1;+2. The van der Waals surface area contributed by atoms with Crippen molar-refractivity contribution in [2.75, 3.05) is 0 Å². The van der Waals surface area contributed by atoms with Crippen LogP contribution in [0.1, 0.15) is 26.7 Å². The van der Waals surface area contributed by atoms with Crippen LogP contribution in [0.5, 0.6) is 0 Å². The molecule has 0 aromatic rings. The second-order valence-electron chi connectivity index (χ2n) is 2.93. The van der Waals surface area contributed by atoms with Crippen molar-refractivity contribution in [2.24, 2.45) is 0 Å². The Kier molecular flexibility index (Phi) is 8.07. The third kappa shape index (κ3) is 6.50. The van der Waals surface area contributed by atoms with Crippen molar-refractivity contribution in [1.29, 1.82) is 0 Å². The minimum Gasteiger partial charge on any atom is -0.270 e. The third-order valence-electron chi connectivity index (χ3n) is 1.73. The van der Waals surface area contributed by atoms with Crippen molar-refractivity contribution >= 4 is 45.5 Å². The summed E-state index contributed by atoms with van der Waals surface area (Å²) in [5.41, 5.74) is 2.55. The first-order valence-electron chi connectivity index (χ1n) is 4.27. The molecule has 2 aliphatic carbocycles. The monoisotopic (exact) mass is 246 g/mol. The summed E-state index contributed by atoms with van der Waals surface area (Å²) in [4.78, 5) is 0. The van der Waals surface area contributed by atoms with E-state index in [4.69, 9.17) is 0 Å². The smallest absolute Gasteiger partial charge is 0.270 e. The molecule has 0 nitrogen and oxygen atoms in total. The maximum Gasteiger partial charge on any atom is 2.00 e. The van der Waals surface area contributed by atoms with E-state index in [1.165, 1.54) is 11.1 Å². The summed E-state index contributed by atoms with van der Waals surface area (Å²) < 4.78 is 0. The van der Waals surface area contributed by atoms with Gasteiger partial charge in [-0.25, -0.2) is 23.3 Å². The van der Waals surface area contributed by atoms with Crippen LogP contribution in [0, 0.1) is 12.2 Å². The molecule has 13 heavy (non-hydrogen) atoms. The van der Waals surface area contributed by atoms with Crippen LogP contribution in [0.3, 0.4) is 0 Å². The molecule has 0 saturated carbocycles. The van der Waals surface area contributed by atoms with Crippen molar-refractivity contribution in [3.8, 4) is 0 Å². The van der Waals surface area contributed by atoms with Gasteiger partial charge in [0.15, 0.2) is 0 Å². The number of hydrogen-bond donors (Lipinski definition) is 0. The molecule has 0 atom stereocenters. The molecule has 2 rings (SSSR count). The summed E-state index contributed by atoms with van der Waals surface area (Å²) in [6.45, 7) is 4.12. The summed E-state index contributed by atoms with van der Waals surface area (Å²) in [7, 11) is 0. The molecule has 0 spiro atoms. The molecule has 0 N–H and O–H groups in total. The average molecular weight is 246 g/mol. The Morgan fingerprint density at radius 3 is 1.38 bits per heavy atom. The molecular weight excluding hydrogens is 232 g/mol. The second-order valence-corrected chi connectivity index (χ2v) is 2.93. The molecule has 0 bridgehead atoms. The van der Waals surface area contributed by atoms with Crippen LogP contribution < -0.4 is 0 Å². The van der Waals surface area contributed by atoms with Gasteiger partial charge in [0.25, 0.3) is 0 Å². The summed E-state index contributed by atoms with van der Waals surface area (Å²) >= 11 is 0. The van der Waals surface area contributed by atoms with Gasteiger partial charge in [-0.15, -0.1) is 12.8 Å². The van der Waals surface area contributed by atoms with E-state index >= 15 is 0 Å². The quantitative estimate of drug-likeness (QED) is 0.455. The Morgan fingerprint density at radius 2 is 1.31 bits per heavy atom. The van der Waals surface area contributed by atoms with Crippen molar-refractivity contribution < 1.29 is 0 Å². The zero-order valence-electron chi connectivity index (χ0n) is 8.43. The Bertz CT molecular complexity index is 221. The van der Waals surface area contributed by atoms with Gasteiger partial charge in [-0.1, -0.05) is 13.8 Å². The van der Waals surface area contributed by atoms with E-state index in [1.807, 2.05) is 0 Å². The van der Waals surface area contributed by atoms with Crippen LogP contribution in [-0.2, 0) is 0 Å². The van der Waals surface area contributed by atoms with Gasteiger partial charge in [-0.05, 0) is 0 Å². The van der Waals surface area contributed by atoms with Crippen LogP contribution in [0.4, 0.5) is 0 Å². The normalized spacial score (nSPS) is 17.1. The van der Waals surface area contributed by atoms with Crippen molar-refractivity contribution in [2.45, 2.75) is 26.7 Å². The molecule has 2 aliphatic rings. The molecule has 0 aliphatic heterocycles. The van der Waals surface area contributed by atoms with Gasteiger partial charge in [0.2, 0.25) is 0 Å². The number of hydrogen-bond acceptors (Lipinski definition) is 0. The molecule has 0 heterocycles. The SMILES string of the molecule is CC1=[C-]CC=C1.CC1=[C-]CC=C1.[Sr+2].